The van der Waals surface area contributed by atoms with E-state index in [2.05, 4.69) is 15.6 Å². The second kappa shape index (κ2) is 7.74. The van der Waals surface area contributed by atoms with Gasteiger partial charge in [0, 0.05) is 23.7 Å². The lowest BCUT2D eigenvalue weighted by molar-refractivity contribution is 0.174. The number of nitrogens with zero attached hydrogens (tertiary/aromatic N) is 2. The Bertz CT molecular complexity index is 987. The average molecular weight is 410 g/mol. The molecule has 9 nitrogen and oxygen atoms in total. The minimum atomic E-state index is -0.535. The molecule has 9 heteroatoms. The van der Waals surface area contributed by atoms with Crippen molar-refractivity contribution in [2.45, 2.75) is 38.3 Å². The third-order valence-electron chi connectivity index (χ3n) is 5.66. The monoisotopic (exact) mass is 410 g/mol. The van der Waals surface area contributed by atoms with Gasteiger partial charge < -0.3 is 24.5 Å². The van der Waals surface area contributed by atoms with Crippen LogP contribution in [0, 0.1) is 5.92 Å². The molecule has 2 unspecified atom stereocenters. The van der Waals surface area contributed by atoms with Gasteiger partial charge in [-0.05, 0) is 37.1 Å². The topological polar surface area (TPSA) is 105 Å². The number of nitrogens with one attached hydrogen (secondary N) is 2. The van der Waals surface area contributed by atoms with Crippen LogP contribution in [0.25, 0.3) is 0 Å². The molecule has 0 radical (unpaired) electrons. The Balaban J connectivity index is 1.41. The van der Waals surface area contributed by atoms with Gasteiger partial charge in [-0.2, -0.15) is 4.99 Å². The molecule has 0 spiro atoms. The van der Waals surface area contributed by atoms with Crippen molar-refractivity contribution in [2.75, 3.05) is 12.1 Å². The fourth-order valence-electron chi connectivity index (χ4n) is 4.24. The third-order valence-corrected chi connectivity index (χ3v) is 5.66. The second-order valence-corrected chi connectivity index (χ2v) is 7.58. The van der Waals surface area contributed by atoms with Crippen molar-refractivity contribution in [3.8, 4) is 11.5 Å². The zero-order valence-corrected chi connectivity index (χ0v) is 16.3. The van der Waals surface area contributed by atoms with Crippen LogP contribution < -0.4 is 20.1 Å². The van der Waals surface area contributed by atoms with E-state index < -0.39 is 6.03 Å². The highest BCUT2D eigenvalue weighted by atomic mass is 16.7. The summed E-state index contributed by atoms with van der Waals surface area (Å²) >= 11 is 0. The molecule has 156 valence electrons. The van der Waals surface area contributed by atoms with Gasteiger partial charge in [0.25, 0.3) is 0 Å². The summed E-state index contributed by atoms with van der Waals surface area (Å²) in [5, 5.41) is 5.83. The summed E-state index contributed by atoms with van der Waals surface area (Å²) in [4.78, 5) is 31.4. The molecule has 1 aromatic heterocycles. The van der Waals surface area contributed by atoms with Gasteiger partial charge in [-0.15, -0.1) is 0 Å². The molecule has 2 aliphatic heterocycles. The number of benzene rings is 1. The van der Waals surface area contributed by atoms with Gasteiger partial charge in [-0.3, -0.25) is 4.90 Å². The van der Waals surface area contributed by atoms with Gasteiger partial charge >= 0.3 is 12.1 Å². The number of hydrogen-bond acceptors (Lipinski definition) is 5. The summed E-state index contributed by atoms with van der Waals surface area (Å²) < 4.78 is 16.1. The Morgan fingerprint density at radius 2 is 2.07 bits per heavy atom. The van der Waals surface area contributed by atoms with E-state index >= 15 is 0 Å². The quantitative estimate of drug-likeness (QED) is 0.802. The van der Waals surface area contributed by atoms with Crippen molar-refractivity contribution in [3.63, 3.8) is 0 Å². The summed E-state index contributed by atoms with van der Waals surface area (Å²) in [5.41, 5.74) is 0.548. The lowest BCUT2D eigenvalue weighted by Gasteiger charge is -2.42. The molecule has 2 fully saturated rings. The Kier molecular flexibility index (Phi) is 4.78. The molecule has 4 amide bonds. The summed E-state index contributed by atoms with van der Waals surface area (Å²) in [7, 11) is 0. The van der Waals surface area contributed by atoms with Crippen molar-refractivity contribution in [1.29, 1.82) is 0 Å². The first kappa shape index (κ1) is 18.5. The maximum atomic E-state index is 12.8. The van der Waals surface area contributed by atoms with Crippen LogP contribution in [-0.4, -0.2) is 35.6 Å². The Morgan fingerprint density at radius 1 is 1.20 bits per heavy atom. The van der Waals surface area contributed by atoms with E-state index in [0.717, 1.165) is 25.7 Å². The predicted octanol–water partition coefficient (Wildman–Crippen LogP) is 3.72. The number of rotatable bonds is 3. The van der Waals surface area contributed by atoms with Crippen molar-refractivity contribution in [1.82, 2.24) is 10.2 Å². The van der Waals surface area contributed by atoms with Gasteiger partial charge in [-0.25, -0.2) is 9.59 Å². The van der Waals surface area contributed by atoms with E-state index in [1.807, 2.05) is 0 Å². The molecule has 2 N–H and O–H groups in total. The van der Waals surface area contributed by atoms with Crippen molar-refractivity contribution in [2.24, 2.45) is 10.9 Å². The van der Waals surface area contributed by atoms with Gasteiger partial charge in [0.15, 0.2) is 11.5 Å². The van der Waals surface area contributed by atoms with Crippen LogP contribution in [0.4, 0.5) is 15.3 Å². The summed E-state index contributed by atoms with van der Waals surface area (Å²) in [5.74, 6) is 2.32. The highest BCUT2D eigenvalue weighted by molar-refractivity contribution is 6.08. The normalized spacial score (nSPS) is 23.8. The molecule has 3 heterocycles. The number of carbonyl (C=O) groups is 2. The first-order valence-corrected chi connectivity index (χ1v) is 10.1. The average Bonchev–Trinajstić information content (AvgIpc) is 3.42. The number of hydrogen-bond donors (Lipinski definition) is 2. The van der Waals surface area contributed by atoms with Crippen LogP contribution in [0.3, 0.4) is 0 Å². The molecule has 5 rings (SSSR count). The standard InChI is InChI=1S/C21H22N4O5/c26-20(22-13-7-8-17-18(10-13)30-12-29-17)24-19-15-5-1-2-6-16(15)23-21(27)25(19)11-14-4-3-9-28-14/h3-4,7-10,15-16H,1-2,5-6,11-12H2,(H,22,26)(H,23,27)/b24-19+. The lowest BCUT2D eigenvalue weighted by atomic mass is 9.82. The van der Waals surface area contributed by atoms with E-state index in [4.69, 9.17) is 13.9 Å². The van der Waals surface area contributed by atoms with Gasteiger partial charge in [-0.1, -0.05) is 12.8 Å². The van der Waals surface area contributed by atoms with Crippen molar-refractivity contribution >= 4 is 23.6 Å². The number of amides is 4. The molecule has 1 saturated heterocycles. The highest BCUT2D eigenvalue weighted by Crippen LogP contribution is 2.34. The molecule has 0 bridgehead atoms. The van der Waals surface area contributed by atoms with Crippen LogP contribution >= 0.6 is 0 Å². The second-order valence-electron chi connectivity index (χ2n) is 7.58. The Labute approximate surface area is 173 Å². The zero-order valence-electron chi connectivity index (χ0n) is 16.3. The number of amidine groups is 1. The molecule has 3 aliphatic rings. The van der Waals surface area contributed by atoms with Crippen LogP contribution in [-0.2, 0) is 6.54 Å². The largest absolute Gasteiger partial charge is 0.467 e. The first-order chi connectivity index (χ1) is 14.7. The number of aliphatic imine (C=N–C) groups is 1. The van der Waals surface area contributed by atoms with E-state index in [1.54, 1.807) is 36.6 Å². The van der Waals surface area contributed by atoms with Crippen LogP contribution in [0.5, 0.6) is 11.5 Å². The number of fused-ring (bicyclic) bond motifs is 2. The molecule has 2 aromatic rings. The SMILES string of the molecule is O=C(/N=C1\C2CCCCC2NC(=O)N1Cc1ccco1)Nc1ccc2c(c1)OCO2. The Morgan fingerprint density at radius 3 is 2.93 bits per heavy atom. The van der Waals surface area contributed by atoms with Gasteiger partial charge in [0.1, 0.15) is 11.6 Å². The lowest BCUT2D eigenvalue weighted by Crippen LogP contribution is -2.60. The maximum absolute atomic E-state index is 12.8. The fraction of sp³-hybridized carbons (Fsp3) is 0.381. The molecule has 30 heavy (non-hydrogen) atoms. The Hall–Kier alpha value is -3.49. The number of anilines is 1. The zero-order chi connectivity index (χ0) is 20.5. The van der Waals surface area contributed by atoms with Crippen LogP contribution in [0.2, 0.25) is 0 Å². The molecular formula is C21H22N4O5. The predicted molar refractivity (Wildman–Crippen MR) is 108 cm³/mol. The van der Waals surface area contributed by atoms with Gasteiger partial charge in [0.05, 0.1) is 12.8 Å². The van der Waals surface area contributed by atoms with E-state index in [-0.39, 0.29) is 31.3 Å². The van der Waals surface area contributed by atoms with E-state index in [0.29, 0.717) is 28.8 Å². The van der Waals surface area contributed by atoms with Crippen LogP contribution in [0.1, 0.15) is 31.4 Å². The number of urea groups is 2. The van der Waals surface area contributed by atoms with Crippen molar-refractivity contribution in [3.05, 3.63) is 42.4 Å². The van der Waals surface area contributed by atoms with Crippen LogP contribution in [0.15, 0.2) is 46.0 Å². The smallest absolute Gasteiger partial charge is 0.347 e. The number of carbonyl (C=O) groups excluding carboxylic acids is 2. The maximum Gasteiger partial charge on any atom is 0.347 e. The minimum absolute atomic E-state index is 0.00352. The molecule has 1 aromatic carbocycles. The molecular weight excluding hydrogens is 388 g/mol. The first-order valence-electron chi connectivity index (χ1n) is 10.1. The molecule has 1 aliphatic carbocycles. The fourth-order valence-corrected chi connectivity index (χ4v) is 4.24. The highest BCUT2D eigenvalue weighted by Gasteiger charge is 2.41. The third kappa shape index (κ3) is 3.58. The number of furan rings is 1. The van der Waals surface area contributed by atoms with E-state index in [1.165, 1.54) is 4.90 Å². The summed E-state index contributed by atoms with van der Waals surface area (Å²) in [6.45, 7) is 0.382. The van der Waals surface area contributed by atoms with E-state index in [9.17, 15) is 9.59 Å². The summed E-state index contributed by atoms with van der Waals surface area (Å²) in [6, 6.07) is 7.92. The molecule has 2 atom stereocenters. The van der Waals surface area contributed by atoms with Crippen molar-refractivity contribution < 1.29 is 23.5 Å². The molecule has 1 saturated carbocycles. The number of ether oxygens (including phenoxy) is 2. The van der Waals surface area contributed by atoms with Gasteiger partial charge in [0.2, 0.25) is 6.79 Å². The summed E-state index contributed by atoms with van der Waals surface area (Å²) in [6.07, 6.45) is 5.40. The minimum Gasteiger partial charge on any atom is -0.467 e.